The van der Waals surface area contributed by atoms with Gasteiger partial charge < -0.3 is 9.64 Å². The molecule has 1 aromatic rings. The van der Waals surface area contributed by atoms with Gasteiger partial charge in [0.25, 0.3) is 5.91 Å². The smallest absolute Gasteiger partial charge is 0.260 e. The van der Waals surface area contributed by atoms with Crippen LogP contribution in [0.1, 0.15) is 30.1 Å². The number of halogens is 2. The summed E-state index contributed by atoms with van der Waals surface area (Å²) >= 11 is 3.32. The third-order valence-corrected chi connectivity index (χ3v) is 3.19. The molecule has 1 amide bonds. The van der Waals surface area contributed by atoms with Crippen LogP contribution < -0.4 is 4.74 Å². The molecule has 0 spiro atoms. The third-order valence-electron chi connectivity index (χ3n) is 2.83. The fourth-order valence-corrected chi connectivity index (χ4v) is 2.23. The Morgan fingerprint density at radius 3 is 2.74 bits per heavy atom. The average molecular weight is 332 g/mol. The maximum atomic E-state index is 13.9. The summed E-state index contributed by atoms with van der Waals surface area (Å²) in [6, 6.07) is 4.41. The van der Waals surface area contributed by atoms with Crippen molar-refractivity contribution < 1.29 is 13.9 Å². The van der Waals surface area contributed by atoms with Gasteiger partial charge >= 0.3 is 0 Å². The van der Waals surface area contributed by atoms with E-state index in [2.05, 4.69) is 22.9 Å². The second-order valence-electron chi connectivity index (χ2n) is 4.15. The summed E-state index contributed by atoms with van der Waals surface area (Å²) in [6.45, 7) is 3.23. The molecule has 0 aromatic heterocycles. The Balaban J connectivity index is 3.01. The maximum absolute atomic E-state index is 13.9. The van der Waals surface area contributed by atoms with Crippen LogP contribution in [0, 0.1) is 5.82 Å². The van der Waals surface area contributed by atoms with Gasteiger partial charge in [-0.2, -0.15) is 0 Å². The Hall–Kier alpha value is -1.10. The Morgan fingerprint density at radius 1 is 1.42 bits per heavy atom. The zero-order valence-corrected chi connectivity index (χ0v) is 12.9. The molecule has 0 radical (unpaired) electrons. The predicted octanol–water partition coefficient (Wildman–Crippen LogP) is 3.47. The molecular formula is C14H19BrFNO2. The van der Waals surface area contributed by atoms with E-state index in [1.807, 2.05) is 0 Å². The molecule has 1 rings (SSSR count). The van der Waals surface area contributed by atoms with Crippen molar-refractivity contribution in [1.82, 2.24) is 4.90 Å². The SMILES string of the molecule is CCCCN(CCBr)C(=O)c1c(F)cccc1OC. The Bertz CT molecular complexity index is 426. The molecule has 0 heterocycles. The fourth-order valence-electron chi connectivity index (χ4n) is 1.81. The monoisotopic (exact) mass is 331 g/mol. The predicted molar refractivity (Wildman–Crippen MR) is 77.6 cm³/mol. The van der Waals surface area contributed by atoms with Crippen LogP contribution in [0.15, 0.2) is 18.2 Å². The molecular weight excluding hydrogens is 313 g/mol. The van der Waals surface area contributed by atoms with Crippen LogP contribution in [0.4, 0.5) is 4.39 Å². The standard InChI is InChI=1S/C14H19BrFNO2/c1-3-4-9-17(10-8-15)14(18)13-11(16)6-5-7-12(13)19-2/h5-7H,3-4,8-10H2,1-2H3. The summed E-state index contributed by atoms with van der Waals surface area (Å²) in [4.78, 5) is 14.1. The number of alkyl halides is 1. The lowest BCUT2D eigenvalue weighted by molar-refractivity contribution is 0.0756. The lowest BCUT2D eigenvalue weighted by atomic mass is 10.1. The van der Waals surface area contributed by atoms with E-state index in [0.717, 1.165) is 12.8 Å². The molecule has 1 aromatic carbocycles. The van der Waals surface area contributed by atoms with Crippen LogP contribution in [0.5, 0.6) is 5.75 Å². The Labute approximate surface area is 121 Å². The summed E-state index contributed by atoms with van der Waals surface area (Å²) in [5.41, 5.74) is 0.0158. The van der Waals surface area contributed by atoms with E-state index in [9.17, 15) is 9.18 Å². The Morgan fingerprint density at radius 2 is 2.16 bits per heavy atom. The topological polar surface area (TPSA) is 29.5 Å². The molecule has 19 heavy (non-hydrogen) atoms. The van der Waals surface area contributed by atoms with Crippen molar-refractivity contribution in [1.29, 1.82) is 0 Å². The molecule has 0 N–H and O–H groups in total. The number of amides is 1. The molecule has 0 aliphatic carbocycles. The lowest BCUT2D eigenvalue weighted by Crippen LogP contribution is -2.34. The van der Waals surface area contributed by atoms with E-state index in [1.54, 1.807) is 11.0 Å². The van der Waals surface area contributed by atoms with E-state index < -0.39 is 5.82 Å². The second kappa shape index (κ2) is 8.15. The zero-order valence-electron chi connectivity index (χ0n) is 11.3. The van der Waals surface area contributed by atoms with Gasteiger partial charge in [-0.3, -0.25) is 4.79 Å². The first-order valence-electron chi connectivity index (χ1n) is 6.33. The molecule has 3 nitrogen and oxygen atoms in total. The van der Waals surface area contributed by atoms with Crippen molar-refractivity contribution in [3.8, 4) is 5.75 Å². The van der Waals surface area contributed by atoms with E-state index in [-0.39, 0.29) is 17.2 Å². The summed E-state index contributed by atoms with van der Waals surface area (Å²) in [6.07, 6.45) is 1.88. The van der Waals surface area contributed by atoms with E-state index in [4.69, 9.17) is 4.74 Å². The first-order chi connectivity index (χ1) is 9.15. The summed E-state index contributed by atoms with van der Waals surface area (Å²) in [5, 5.41) is 0.666. The van der Waals surface area contributed by atoms with E-state index >= 15 is 0 Å². The van der Waals surface area contributed by atoms with Crippen LogP contribution in [0.2, 0.25) is 0 Å². The van der Waals surface area contributed by atoms with Gasteiger partial charge in [-0.15, -0.1) is 0 Å². The highest BCUT2D eigenvalue weighted by Gasteiger charge is 2.22. The van der Waals surface area contributed by atoms with Gasteiger partial charge in [0.05, 0.1) is 7.11 Å². The summed E-state index contributed by atoms with van der Waals surface area (Å²) in [5.74, 6) is -0.579. The molecule has 0 saturated heterocycles. The molecule has 0 atom stereocenters. The number of benzene rings is 1. The van der Waals surface area contributed by atoms with Gasteiger partial charge in [0.15, 0.2) is 0 Å². The quantitative estimate of drug-likeness (QED) is 0.716. The fraction of sp³-hybridized carbons (Fsp3) is 0.500. The number of carbonyl (C=O) groups is 1. The number of hydrogen-bond acceptors (Lipinski definition) is 2. The van der Waals surface area contributed by atoms with Gasteiger partial charge in [0.2, 0.25) is 0 Å². The number of carbonyl (C=O) groups excluding carboxylic acids is 1. The molecule has 0 saturated carbocycles. The third kappa shape index (κ3) is 4.20. The molecule has 0 aliphatic rings. The highest BCUT2D eigenvalue weighted by molar-refractivity contribution is 9.09. The van der Waals surface area contributed by atoms with Crippen molar-refractivity contribution in [2.24, 2.45) is 0 Å². The van der Waals surface area contributed by atoms with Crippen LogP contribution in [0.25, 0.3) is 0 Å². The number of rotatable bonds is 7. The number of hydrogen-bond donors (Lipinski definition) is 0. The first kappa shape index (κ1) is 16.0. The molecule has 0 fully saturated rings. The van der Waals surface area contributed by atoms with Gasteiger partial charge in [-0.05, 0) is 18.6 Å². The van der Waals surface area contributed by atoms with Crippen LogP contribution in [-0.2, 0) is 0 Å². The minimum absolute atomic E-state index is 0.0158. The average Bonchev–Trinajstić information content (AvgIpc) is 2.42. The lowest BCUT2D eigenvalue weighted by Gasteiger charge is -2.22. The highest BCUT2D eigenvalue weighted by atomic mass is 79.9. The number of methoxy groups -OCH3 is 1. The van der Waals surface area contributed by atoms with Gasteiger partial charge in [-0.25, -0.2) is 4.39 Å². The number of unbranched alkanes of at least 4 members (excludes halogenated alkanes) is 1. The van der Waals surface area contributed by atoms with Crippen LogP contribution in [-0.4, -0.2) is 36.3 Å². The second-order valence-corrected chi connectivity index (χ2v) is 4.94. The van der Waals surface area contributed by atoms with Crippen LogP contribution in [0.3, 0.4) is 0 Å². The van der Waals surface area contributed by atoms with E-state index in [0.29, 0.717) is 18.4 Å². The summed E-state index contributed by atoms with van der Waals surface area (Å²) in [7, 11) is 1.44. The zero-order chi connectivity index (χ0) is 14.3. The van der Waals surface area contributed by atoms with Crippen molar-refractivity contribution >= 4 is 21.8 Å². The highest BCUT2D eigenvalue weighted by Crippen LogP contribution is 2.23. The van der Waals surface area contributed by atoms with Crippen molar-refractivity contribution in [3.63, 3.8) is 0 Å². The number of ether oxygens (including phenoxy) is 1. The van der Waals surface area contributed by atoms with Gasteiger partial charge in [0, 0.05) is 18.4 Å². The molecule has 0 aliphatic heterocycles. The molecule has 0 bridgehead atoms. The van der Waals surface area contributed by atoms with Crippen molar-refractivity contribution in [3.05, 3.63) is 29.6 Å². The maximum Gasteiger partial charge on any atom is 0.260 e. The minimum atomic E-state index is -0.541. The van der Waals surface area contributed by atoms with Gasteiger partial charge in [0.1, 0.15) is 17.1 Å². The largest absolute Gasteiger partial charge is 0.496 e. The normalized spacial score (nSPS) is 10.3. The molecule has 0 unspecified atom stereocenters. The van der Waals surface area contributed by atoms with Crippen molar-refractivity contribution in [2.75, 3.05) is 25.5 Å². The summed E-state index contributed by atoms with van der Waals surface area (Å²) < 4.78 is 19.0. The Kier molecular flexibility index (Phi) is 6.84. The first-order valence-corrected chi connectivity index (χ1v) is 7.45. The van der Waals surface area contributed by atoms with Crippen molar-refractivity contribution in [2.45, 2.75) is 19.8 Å². The minimum Gasteiger partial charge on any atom is -0.496 e. The molecule has 5 heteroatoms. The number of nitrogens with zero attached hydrogens (tertiary/aromatic N) is 1. The molecule has 106 valence electrons. The van der Waals surface area contributed by atoms with Crippen LogP contribution >= 0.6 is 15.9 Å². The van der Waals surface area contributed by atoms with E-state index in [1.165, 1.54) is 19.2 Å². The van der Waals surface area contributed by atoms with Gasteiger partial charge in [-0.1, -0.05) is 35.3 Å².